The molecule has 0 saturated heterocycles. The van der Waals surface area contributed by atoms with Gasteiger partial charge in [0.05, 0.1) is 0 Å². The molecule has 0 aromatic carbocycles. The Hall–Kier alpha value is -0.850. The predicted molar refractivity (Wildman–Crippen MR) is 43.6 cm³/mol. The van der Waals surface area contributed by atoms with Gasteiger partial charge in [-0.25, -0.2) is 4.79 Å². The Kier molecular flexibility index (Phi) is 3.07. The number of hydrogen-bond donors (Lipinski definition) is 1. The van der Waals surface area contributed by atoms with Crippen LogP contribution in [0.15, 0.2) is 17.2 Å². The Bertz CT molecular complexity index is 316. The van der Waals surface area contributed by atoms with Gasteiger partial charge in [0.15, 0.2) is 0 Å². The minimum atomic E-state index is -4.22. The molecule has 1 heterocycles. The lowest BCUT2D eigenvalue weighted by Gasteiger charge is -2.04. The van der Waals surface area contributed by atoms with Crippen LogP contribution in [0, 0.1) is 0 Å². The van der Waals surface area contributed by atoms with Crippen molar-refractivity contribution in [1.29, 1.82) is 0 Å². The molecule has 0 radical (unpaired) electrons. The maximum absolute atomic E-state index is 11.7. The first-order chi connectivity index (χ1) is 5.99. The van der Waals surface area contributed by atoms with Gasteiger partial charge in [0, 0.05) is 24.7 Å². The molecule has 13 heavy (non-hydrogen) atoms. The molecule has 0 aliphatic rings. The van der Waals surface area contributed by atoms with Crippen molar-refractivity contribution < 1.29 is 13.2 Å². The predicted octanol–water partition coefficient (Wildman–Crippen LogP) is 1.43. The van der Waals surface area contributed by atoms with Crippen LogP contribution in [0.25, 0.3) is 0 Å². The molecule has 0 aliphatic carbocycles. The number of halogens is 3. The van der Waals surface area contributed by atoms with Crippen molar-refractivity contribution >= 4 is 11.8 Å². The minimum Gasteiger partial charge on any atom is -0.313 e. The van der Waals surface area contributed by atoms with Crippen LogP contribution in [0.4, 0.5) is 13.2 Å². The van der Waals surface area contributed by atoms with E-state index in [1.54, 1.807) is 0 Å². The summed E-state index contributed by atoms with van der Waals surface area (Å²) in [6.07, 6.45) is 2.81. The van der Waals surface area contributed by atoms with Crippen LogP contribution in [0.2, 0.25) is 0 Å². The first-order valence-electron chi connectivity index (χ1n) is 3.43. The summed E-state index contributed by atoms with van der Waals surface area (Å²) < 4.78 is 36.2. The smallest absolute Gasteiger partial charge is 0.313 e. The van der Waals surface area contributed by atoms with E-state index in [2.05, 4.69) is 4.98 Å². The Morgan fingerprint density at radius 2 is 2.23 bits per heavy atom. The van der Waals surface area contributed by atoms with Crippen molar-refractivity contribution in [2.45, 2.75) is 12.1 Å². The van der Waals surface area contributed by atoms with Gasteiger partial charge in [-0.3, -0.25) is 4.57 Å². The lowest BCUT2D eigenvalue weighted by molar-refractivity contribution is -0.0328. The van der Waals surface area contributed by atoms with E-state index in [0.717, 1.165) is 0 Å². The Morgan fingerprint density at radius 1 is 1.54 bits per heavy atom. The van der Waals surface area contributed by atoms with Gasteiger partial charge in [0.2, 0.25) is 0 Å². The second-order valence-electron chi connectivity index (χ2n) is 2.25. The highest BCUT2D eigenvalue weighted by atomic mass is 32.2. The average Bonchev–Trinajstić information content (AvgIpc) is 2.34. The molecule has 1 aromatic heterocycles. The fourth-order valence-electron chi connectivity index (χ4n) is 0.785. The summed E-state index contributed by atoms with van der Waals surface area (Å²) in [5, 5.41) is 0. The maximum Gasteiger partial charge on any atom is 0.441 e. The van der Waals surface area contributed by atoms with Gasteiger partial charge in [-0.1, -0.05) is 0 Å². The first kappa shape index (κ1) is 10.2. The number of thioether (sulfide) groups is 1. The summed E-state index contributed by atoms with van der Waals surface area (Å²) in [6, 6.07) is 0. The van der Waals surface area contributed by atoms with Crippen molar-refractivity contribution in [1.82, 2.24) is 9.55 Å². The molecule has 0 saturated carbocycles. The van der Waals surface area contributed by atoms with Gasteiger partial charge >= 0.3 is 11.2 Å². The summed E-state index contributed by atoms with van der Waals surface area (Å²) in [4.78, 5) is 13.1. The Morgan fingerprint density at radius 3 is 2.69 bits per heavy atom. The third-order valence-corrected chi connectivity index (χ3v) is 2.03. The molecule has 0 fully saturated rings. The number of nitrogens with zero attached hydrogens (tertiary/aromatic N) is 1. The van der Waals surface area contributed by atoms with Crippen LogP contribution in [-0.2, 0) is 6.54 Å². The van der Waals surface area contributed by atoms with Gasteiger partial charge in [0.25, 0.3) is 0 Å². The lowest BCUT2D eigenvalue weighted by atomic mass is 10.7. The number of alkyl halides is 3. The molecule has 1 rings (SSSR count). The molecular formula is C6H7F3N2OS. The third-order valence-electron chi connectivity index (χ3n) is 1.32. The van der Waals surface area contributed by atoms with Crippen molar-refractivity contribution in [3.05, 3.63) is 22.9 Å². The number of aryl methyl sites for hydroxylation is 1. The highest BCUT2D eigenvalue weighted by molar-refractivity contribution is 8.00. The van der Waals surface area contributed by atoms with Crippen molar-refractivity contribution in [3.8, 4) is 0 Å². The molecule has 1 aromatic rings. The highest BCUT2D eigenvalue weighted by Gasteiger charge is 2.27. The SMILES string of the molecule is O=c1[nH]ccn1CCSC(F)(F)F. The summed E-state index contributed by atoms with van der Waals surface area (Å²) in [7, 11) is 0. The lowest BCUT2D eigenvalue weighted by Crippen LogP contribution is -2.18. The van der Waals surface area contributed by atoms with Gasteiger partial charge in [-0.05, 0) is 11.8 Å². The van der Waals surface area contributed by atoms with Gasteiger partial charge in [-0.2, -0.15) is 13.2 Å². The molecule has 0 atom stereocenters. The first-order valence-corrected chi connectivity index (χ1v) is 4.42. The van der Waals surface area contributed by atoms with Crippen LogP contribution in [0.1, 0.15) is 0 Å². The van der Waals surface area contributed by atoms with E-state index in [0.29, 0.717) is 0 Å². The highest BCUT2D eigenvalue weighted by Crippen LogP contribution is 2.29. The van der Waals surface area contributed by atoms with Crippen LogP contribution < -0.4 is 5.69 Å². The van der Waals surface area contributed by atoms with E-state index >= 15 is 0 Å². The van der Waals surface area contributed by atoms with E-state index in [1.807, 2.05) is 0 Å². The van der Waals surface area contributed by atoms with Crippen molar-refractivity contribution in [2.24, 2.45) is 0 Å². The third kappa shape index (κ3) is 3.58. The normalized spacial score (nSPS) is 11.9. The number of H-pyrrole nitrogens is 1. The van der Waals surface area contributed by atoms with E-state index in [1.165, 1.54) is 17.0 Å². The monoisotopic (exact) mass is 212 g/mol. The fraction of sp³-hybridized carbons (Fsp3) is 0.500. The minimum absolute atomic E-state index is 0.0620. The molecule has 1 N–H and O–H groups in total. The molecule has 0 aliphatic heterocycles. The van der Waals surface area contributed by atoms with Gasteiger partial charge in [-0.15, -0.1) is 0 Å². The zero-order valence-corrected chi connectivity index (χ0v) is 7.28. The quantitative estimate of drug-likeness (QED) is 0.823. The number of aromatic amines is 1. The van der Waals surface area contributed by atoms with Crippen LogP contribution in [-0.4, -0.2) is 20.8 Å². The van der Waals surface area contributed by atoms with Gasteiger partial charge in [0.1, 0.15) is 0 Å². The molecule has 74 valence electrons. The molecule has 3 nitrogen and oxygen atoms in total. The average molecular weight is 212 g/mol. The summed E-state index contributed by atoms with van der Waals surface area (Å²) in [5.41, 5.74) is -4.61. The largest absolute Gasteiger partial charge is 0.441 e. The number of imidazole rings is 1. The summed E-state index contributed by atoms with van der Waals surface area (Å²) in [5.74, 6) is -0.152. The summed E-state index contributed by atoms with van der Waals surface area (Å²) in [6.45, 7) is 0.0620. The van der Waals surface area contributed by atoms with E-state index < -0.39 is 5.51 Å². The topological polar surface area (TPSA) is 37.8 Å². The fourth-order valence-corrected chi connectivity index (χ4v) is 1.30. The van der Waals surface area contributed by atoms with Crippen molar-refractivity contribution in [2.75, 3.05) is 5.75 Å². The second-order valence-corrected chi connectivity index (χ2v) is 3.41. The van der Waals surface area contributed by atoms with Crippen LogP contribution >= 0.6 is 11.8 Å². The molecule has 0 unspecified atom stereocenters. The second kappa shape index (κ2) is 3.91. The molecule has 0 amide bonds. The Balaban J connectivity index is 2.37. The maximum atomic E-state index is 11.7. The zero-order valence-electron chi connectivity index (χ0n) is 6.47. The van der Waals surface area contributed by atoms with Crippen LogP contribution in [0.3, 0.4) is 0 Å². The molecule has 0 spiro atoms. The molecular weight excluding hydrogens is 205 g/mol. The van der Waals surface area contributed by atoms with Crippen molar-refractivity contribution in [3.63, 3.8) is 0 Å². The zero-order chi connectivity index (χ0) is 9.90. The van der Waals surface area contributed by atoms with E-state index in [4.69, 9.17) is 0 Å². The number of nitrogens with one attached hydrogen (secondary N) is 1. The number of rotatable bonds is 3. The molecule has 7 heteroatoms. The number of aromatic nitrogens is 2. The van der Waals surface area contributed by atoms with Gasteiger partial charge < -0.3 is 4.98 Å². The summed E-state index contributed by atoms with van der Waals surface area (Å²) >= 11 is -0.133. The molecule has 0 bridgehead atoms. The standard InChI is InChI=1S/C6H7F3N2OS/c7-6(8,9)13-4-3-11-2-1-10-5(11)12/h1-2H,3-4H2,(H,10,12). The van der Waals surface area contributed by atoms with E-state index in [9.17, 15) is 18.0 Å². The Labute approximate surface area is 75.9 Å². The number of hydrogen-bond acceptors (Lipinski definition) is 2. The van der Waals surface area contributed by atoms with E-state index in [-0.39, 0.29) is 29.7 Å². The van der Waals surface area contributed by atoms with Crippen LogP contribution in [0.5, 0.6) is 0 Å².